The van der Waals surface area contributed by atoms with Crippen molar-refractivity contribution in [1.82, 2.24) is 5.32 Å². The van der Waals surface area contributed by atoms with Crippen molar-refractivity contribution in [2.24, 2.45) is 0 Å². The first-order valence-corrected chi connectivity index (χ1v) is 27.2. The Labute approximate surface area is 396 Å². The van der Waals surface area contributed by atoms with Gasteiger partial charge in [0.15, 0.2) is 0 Å². The highest BCUT2D eigenvalue weighted by Gasteiger charge is 2.24. The molecule has 0 spiro atoms. The number of esters is 1. The molecule has 0 radical (unpaired) electrons. The molecule has 0 saturated heterocycles. The van der Waals surface area contributed by atoms with Crippen LogP contribution in [-0.2, 0) is 14.3 Å². The van der Waals surface area contributed by atoms with Crippen molar-refractivity contribution in [3.8, 4) is 0 Å². The van der Waals surface area contributed by atoms with E-state index in [1.165, 1.54) is 122 Å². The molecule has 0 aromatic heterocycles. The van der Waals surface area contributed by atoms with Crippen LogP contribution in [0.15, 0.2) is 72.9 Å². The molecule has 0 aliphatic heterocycles. The molecule has 3 atom stereocenters. The third-order valence-corrected chi connectivity index (χ3v) is 12.0. The average molecular weight is 894 g/mol. The first kappa shape index (κ1) is 61.3. The number of rotatable bonds is 48. The summed E-state index contributed by atoms with van der Waals surface area (Å²) < 4.78 is 5.90. The molecule has 3 N–H and O–H groups in total. The summed E-state index contributed by atoms with van der Waals surface area (Å²) in [5.41, 5.74) is 0. The Kier molecular flexibility index (Phi) is 49.1. The van der Waals surface area contributed by atoms with Crippen LogP contribution >= 0.6 is 0 Å². The Morgan fingerprint density at radius 3 is 1.41 bits per heavy atom. The predicted octanol–water partition coefficient (Wildman–Crippen LogP) is 16.6. The minimum atomic E-state index is -0.808. The van der Waals surface area contributed by atoms with Crippen LogP contribution in [0.2, 0.25) is 0 Å². The lowest BCUT2D eigenvalue weighted by atomic mass is 10.0. The number of ether oxygens (including phenoxy) is 1. The first-order chi connectivity index (χ1) is 31.5. The van der Waals surface area contributed by atoms with E-state index in [9.17, 15) is 19.8 Å². The van der Waals surface area contributed by atoms with Crippen molar-refractivity contribution in [2.75, 3.05) is 6.61 Å². The largest absolute Gasteiger partial charge is 0.462 e. The number of unbranched alkanes of at least 4 members (excludes halogenated alkanes) is 25. The van der Waals surface area contributed by atoms with Gasteiger partial charge in [-0.1, -0.05) is 235 Å². The fraction of sp³-hybridized carbons (Fsp3) is 0.759. The number of aliphatic hydroxyl groups excluding tert-OH is 2. The number of amides is 1. The van der Waals surface area contributed by atoms with Crippen LogP contribution in [0, 0.1) is 0 Å². The molecule has 3 unspecified atom stereocenters. The van der Waals surface area contributed by atoms with E-state index in [2.05, 4.69) is 99.0 Å². The Hall–Kier alpha value is -2.70. The fourth-order valence-electron chi connectivity index (χ4n) is 7.95. The van der Waals surface area contributed by atoms with Crippen molar-refractivity contribution in [3.63, 3.8) is 0 Å². The highest BCUT2D eigenvalue weighted by molar-refractivity contribution is 5.77. The van der Waals surface area contributed by atoms with Crippen LogP contribution in [0.1, 0.15) is 258 Å². The van der Waals surface area contributed by atoms with Crippen LogP contribution in [0.4, 0.5) is 0 Å². The van der Waals surface area contributed by atoms with Gasteiger partial charge in [0, 0.05) is 6.42 Å². The van der Waals surface area contributed by atoms with Gasteiger partial charge in [0.1, 0.15) is 6.10 Å². The molecule has 0 fully saturated rings. The maximum absolute atomic E-state index is 13.2. The normalized spacial score (nSPS) is 13.8. The molecular formula is C58H103NO5. The summed E-state index contributed by atoms with van der Waals surface area (Å²) >= 11 is 0. The van der Waals surface area contributed by atoms with E-state index in [4.69, 9.17) is 4.74 Å². The lowest BCUT2D eigenvalue weighted by molar-refractivity contribution is -0.151. The minimum Gasteiger partial charge on any atom is -0.462 e. The maximum Gasteiger partial charge on any atom is 0.306 e. The molecule has 6 heteroatoms. The summed E-state index contributed by atoms with van der Waals surface area (Å²) in [4.78, 5) is 26.2. The number of hydrogen-bond donors (Lipinski definition) is 3. The SMILES string of the molecule is CC/C=C/C/C=C/C/C=C/C/C=C/CCCCCC(=O)OC(CCC/C=C/C=C/CCCCCCCCC)CC(=O)NC(CO)C(O)CCCCCCCCCCCCCCCCC. The standard InChI is InChI=1S/C58H103NO5/c1-4-7-10-13-16-19-22-25-28-30-33-36-39-42-45-48-51-58(63)64-54(49-46-43-40-37-34-31-27-24-21-18-15-12-9-6-3)52-57(62)59-55(53-60)56(61)50-47-44-41-38-35-32-29-26-23-20-17-14-11-8-5-2/h7,10,16,19,25,28,31,33-34,36-37,40,54-56,60-61H,4-6,8-9,11-15,17-18,20-24,26-27,29-30,32,35,38-39,41-53H2,1-3H3,(H,59,62)/b10-7+,19-16+,28-25+,34-31+,36-33+,40-37+. The summed E-state index contributed by atoms with van der Waals surface area (Å²) in [5.74, 6) is -0.557. The Bertz CT molecular complexity index is 1190. The molecule has 0 aromatic carbocycles. The summed E-state index contributed by atoms with van der Waals surface area (Å²) in [6.45, 7) is 6.35. The van der Waals surface area contributed by atoms with Crippen molar-refractivity contribution < 1.29 is 24.5 Å². The van der Waals surface area contributed by atoms with E-state index in [-0.39, 0.29) is 24.9 Å². The number of carbonyl (C=O) groups is 2. The molecule has 0 heterocycles. The highest BCUT2D eigenvalue weighted by atomic mass is 16.5. The lowest BCUT2D eigenvalue weighted by Gasteiger charge is -2.24. The second-order valence-electron chi connectivity index (χ2n) is 18.3. The molecular weight excluding hydrogens is 791 g/mol. The van der Waals surface area contributed by atoms with Gasteiger partial charge in [0.25, 0.3) is 0 Å². The lowest BCUT2D eigenvalue weighted by Crippen LogP contribution is -2.46. The van der Waals surface area contributed by atoms with Gasteiger partial charge in [0.05, 0.1) is 25.2 Å². The average Bonchev–Trinajstić information content (AvgIpc) is 3.29. The summed E-state index contributed by atoms with van der Waals surface area (Å²) in [7, 11) is 0. The van der Waals surface area contributed by atoms with E-state index in [1.54, 1.807) is 0 Å². The molecule has 0 aliphatic rings. The van der Waals surface area contributed by atoms with E-state index in [1.807, 2.05) is 0 Å². The van der Waals surface area contributed by atoms with Crippen LogP contribution in [0.25, 0.3) is 0 Å². The molecule has 6 nitrogen and oxygen atoms in total. The second kappa shape index (κ2) is 51.3. The van der Waals surface area contributed by atoms with Gasteiger partial charge in [-0.2, -0.15) is 0 Å². The van der Waals surface area contributed by atoms with E-state index in [0.717, 1.165) is 89.9 Å². The smallest absolute Gasteiger partial charge is 0.306 e. The Morgan fingerprint density at radius 2 is 0.906 bits per heavy atom. The molecule has 64 heavy (non-hydrogen) atoms. The molecule has 1 amide bonds. The van der Waals surface area contributed by atoms with E-state index in [0.29, 0.717) is 19.3 Å². The molecule has 0 rings (SSSR count). The van der Waals surface area contributed by atoms with Crippen LogP contribution < -0.4 is 5.32 Å². The highest BCUT2D eigenvalue weighted by Crippen LogP contribution is 2.17. The zero-order valence-electron chi connectivity index (χ0n) is 42.1. The van der Waals surface area contributed by atoms with Gasteiger partial charge in [-0.05, 0) is 83.5 Å². The Morgan fingerprint density at radius 1 is 0.484 bits per heavy atom. The number of hydrogen-bond acceptors (Lipinski definition) is 5. The quantitative estimate of drug-likeness (QED) is 0.0245. The number of nitrogens with one attached hydrogen (secondary N) is 1. The van der Waals surface area contributed by atoms with Crippen LogP contribution in [0.3, 0.4) is 0 Å². The Balaban J connectivity index is 4.67. The minimum absolute atomic E-state index is 0.0296. The van der Waals surface area contributed by atoms with Gasteiger partial charge < -0.3 is 20.3 Å². The maximum atomic E-state index is 13.2. The summed E-state index contributed by atoms with van der Waals surface area (Å²) in [6, 6.07) is -0.725. The van der Waals surface area contributed by atoms with Crippen molar-refractivity contribution >= 4 is 11.9 Å². The molecule has 370 valence electrons. The molecule has 0 saturated carbocycles. The van der Waals surface area contributed by atoms with Crippen molar-refractivity contribution in [3.05, 3.63) is 72.9 Å². The van der Waals surface area contributed by atoms with Gasteiger partial charge in [0.2, 0.25) is 5.91 Å². The van der Waals surface area contributed by atoms with Gasteiger partial charge >= 0.3 is 5.97 Å². The summed E-state index contributed by atoms with van der Waals surface area (Å²) in [6.07, 6.45) is 65.4. The number of carbonyl (C=O) groups excluding carboxylic acids is 2. The summed E-state index contributed by atoms with van der Waals surface area (Å²) in [5, 5.41) is 23.8. The third kappa shape index (κ3) is 45.9. The fourth-order valence-corrected chi connectivity index (χ4v) is 7.95. The molecule has 0 bridgehead atoms. The number of allylic oxidation sites excluding steroid dienone is 12. The van der Waals surface area contributed by atoms with E-state index >= 15 is 0 Å². The molecule has 0 aromatic rings. The number of aliphatic hydroxyl groups is 2. The van der Waals surface area contributed by atoms with Crippen LogP contribution in [0.5, 0.6) is 0 Å². The topological polar surface area (TPSA) is 95.9 Å². The van der Waals surface area contributed by atoms with E-state index < -0.39 is 18.2 Å². The van der Waals surface area contributed by atoms with Gasteiger partial charge in [-0.3, -0.25) is 9.59 Å². The van der Waals surface area contributed by atoms with Crippen molar-refractivity contribution in [2.45, 2.75) is 277 Å². The monoisotopic (exact) mass is 894 g/mol. The zero-order valence-corrected chi connectivity index (χ0v) is 42.1. The van der Waals surface area contributed by atoms with Crippen molar-refractivity contribution in [1.29, 1.82) is 0 Å². The zero-order chi connectivity index (χ0) is 46.7. The first-order valence-electron chi connectivity index (χ1n) is 27.2. The molecule has 0 aliphatic carbocycles. The van der Waals surface area contributed by atoms with Gasteiger partial charge in [-0.25, -0.2) is 0 Å². The van der Waals surface area contributed by atoms with Gasteiger partial charge in [-0.15, -0.1) is 0 Å². The van der Waals surface area contributed by atoms with Crippen LogP contribution in [-0.4, -0.2) is 46.9 Å². The third-order valence-electron chi connectivity index (χ3n) is 12.0. The predicted molar refractivity (Wildman–Crippen MR) is 278 cm³/mol. The second-order valence-corrected chi connectivity index (χ2v) is 18.3.